The average molecular weight is 253 g/mol. The third-order valence-electron chi connectivity index (χ3n) is 3.02. The van der Waals surface area contributed by atoms with Gasteiger partial charge in [-0.2, -0.15) is 0 Å². The number of hydrogen-bond acceptors (Lipinski definition) is 4. The van der Waals surface area contributed by atoms with Crippen molar-refractivity contribution in [1.82, 2.24) is 14.5 Å². The molecule has 0 aliphatic heterocycles. The van der Waals surface area contributed by atoms with E-state index in [0.717, 1.165) is 16.7 Å². The number of hydrogen-bond donors (Lipinski definition) is 2. The van der Waals surface area contributed by atoms with Crippen LogP contribution in [0.2, 0.25) is 0 Å². The molecule has 0 amide bonds. The number of benzene rings is 1. The van der Waals surface area contributed by atoms with Crippen LogP contribution < -0.4 is 5.46 Å². The average Bonchev–Trinajstić information content (AvgIpc) is 2.83. The van der Waals surface area contributed by atoms with Crippen LogP contribution in [0.25, 0.3) is 11.2 Å². The summed E-state index contributed by atoms with van der Waals surface area (Å²) in [5, 5.41) is 18.1. The van der Waals surface area contributed by atoms with Crippen molar-refractivity contribution in [3.05, 3.63) is 54.5 Å². The topological polar surface area (TPSA) is 71.2 Å². The Morgan fingerprint density at radius 2 is 1.74 bits per heavy atom. The SMILES string of the molecule is OB(O)c1ccc(Cn2ccc3nccnc32)cc1. The van der Waals surface area contributed by atoms with Crippen molar-refractivity contribution in [2.24, 2.45) is 0 Å². The summed E-state index contributed by atoms with van der Waals surface area (Å²) in [7, 11) is -1.42. The predicted molar refractivity (Wildman–Crippen MR) is 72.9 cm³/mol. The second-order valence-electron chi connectivity index (χ2n) is 4.32. The van der Waals surface area contributed by atoms with Gasteiger partial charge >= 0.3 is 7.12 Å². The maximum atomic E-state index is 9.04. The normalized spacial score (nSPS) is 10.8. The fourth-order valence-electron chi connectivity index (χ4n) is 2.03. The molecule has 6 heteroatoms. The summed E-state index contributed by atoms with van der Waals surface area (Å²) >= 11 is 0. The molecular formula is C13H12BN3O2. The quantitative estimate of drug-likeness (QED) is 0.652. The highest BCUT2D eigenvalue weighted by molar-refractivity contribution is 6.58. The zero-order valence-electron chi connectivity index (χ0n) is 10.1. The highest BCUT2D eigenvalue weighted by atomic mass is 16.4. The molecule has 0 saturated heterocycles. The van der Waals surface area contributed by atoms with Crippen molar-refractivity contribution in [3.63, 3.8) is 0 Å². The molecule has 2 heterocycles. The number of aromatic nitrogens is 3. The minimum Gasteiger partial charge on any atom is -0.423 e. The standard InChI is InChI=1S/C13H12BN3O2/c18-14(19)11-3-1-10(2-4-11)9-17-8-5-12-13(17)16-7-6-15-12/h1-8,18-19H,9H2. The predicted octanol–water partition coefficient (Wildman–Crippen LogP) is 0.159. The molecule has 1 aromatic carbocycles. The molecule has 0 aliphatic carbocycles. The molecule has 3 aromatic rings. The Morgan fingerprint density at radius 1 is 1.00 bits per heavy atom. The van der Waals surface area contributed by atoms with Gasteiger partial charge in [-0.3, -0.25) is 4.98 Å². The van der Waals surface area contributed by atoms with E-state index in [1.165, 1.54) is 0 Å². The van der Waals surface area contributed by atoms with Crippen molar-refractivity contribution in [2.75, 3.05) is 0 Å². The Hall–Kier alpha value is -2.18. The molecule has 0 saturated carbocycles. The number of fused-ring (bicyclic) bond motifs is 1. The van der Waals surface area contributed by atoms with E-state index in [2.05, 4.69) is 9.97 Å². The van der Waals surface area contributed by atoms with Crippen LogP contribution in [0.15, 0.2) is 48.9 Å². The lowest BCUT2D eigenvalue weighted by Gasteiger charge is -2.06. The van der Waals surface area contributed by atoms with E-state index in [-0.39, 0.29) is 0 Å². The molecule has 94 valence electrons. The van der Waals surface area contributed by atoms with Gasteiger partial charge in [-0.1, -0.05) is 24.3 Å². The van der Waals surface area contributed by atoms with Crippen LogP contribution in [0, 0.1) is 0 Å². The van der Waals surface area contributed by atoms with Crippen molar-refractivity contribution in [2.45, 2.75) is 6.54 Å². The lowest BCUT2D eigenvalue weighted by molar-refractivity contribution is 0.426. The van der Waals surface area contributed by atoms with Crippen LogP contribution in [0.4, 0.5) is 0 Å². The van der Waals surface area contributed by atoms with E-state index < -0.39 is 7.12 Å². The van der Waals surface area contributed by atoms with Crippen LogP contribution in [0.1, 0.15) is 5.56 Å². The van der Waals surface area contributed by atoms with Gasteiger partial charge < -0.3 is 14.6 Å². The molecule has 19 heavy (non-hydrogen) atoms. The highest BCUT2D eigenvalue weighted by Crippen LogP contribution is 2.11. The molecule has 0 bridgehead atoms. The van der Waals surface area contributed by atoms with Crippen LogP contribution in [0.3, 0.4) is 0 Å². The third kappa shape index (κ3) is 2.36. The Bertz CT molecular complexity index is 694. The zero-order valence-corrected chi connectivity index (χ0v) is 10.1. The molecule has 0 radical (unpaired) electrons. The summed E-state index contributed by atoms with van der Waals surface area (Å²) in [5.74, 6) is 0. The van der Waals surface area contributed by atoms with E-state index in [0.29, 0.717) is 12.0 Å². The zero-order chi connectivity index (χ0) is 13.2. The molecule has 3 rings (SSSR count). The Balaban J connectivity index is 1.88. The van der Waals surface area contributed by atoms with Crippen molar-refractivity contribution >= 4 is 23.7 Å². The first-order valence-electron chi connectivity index (χ1n) is 5.95. The highest BCUT2D eigenvalue weighted by Gasteiger charge is 2.10. The van der Waals surface area contributed by atoms with Crippen molar-refractivity contribution in [3.8, 4) is 0 Å². The minimum atomic E-state index is -1.42. The van der Waals surface area contributed by atoms with Gasteiger partial charge in [0.15, 0.2) is 5.65 Å². The third-order valence-corrected chi connectivity index (χ3v) is 3.02. The van der Waals surface area contributed by atoms with Gasteiger partial charge in [-0.25, -0.2) is 4.98 Å². The van der Waals surface area contributed by atoms with Gasteiger partial charge in [0.2, 0.25) is 0 Å². The maximum absolute atomic E-state index is 9.04. The van der Waals surface area contributed by atoms with Crippen LogP contribution >= 0.6 is 0 Å². The summed E-state index contributed by atoms with van der Waals surface area (Å²) in [4.78, 5) is 8.53. The van der Waals surface area contributed by atoms with Gasteiger partial charge in [-0.15, -0.1) is 0 Å². The Kier molecular flexibility index (Phi) is 3.02. The number of rotatable bonds is 3. The van der Waals surface area contributed by atoms with Gasteiger partial charge in [0.25, 0.3) is 0 Å². The molecule has 5 nitrogen and oxygen atoms in total. The molecule has 0 unspecified atom stereocenters. The molecule has 0 atom stereocenters. The summed E-state index contributed by atoms with van der Waals surface area (Å²) in [6, 6.07) is 9.08. The lowest BCUT2D eigenvalue weighted by atomic mass is 9.80. The number of nitrogens with zero attached hydrogens (tertiary/aromatic N) is 3. The van der Waals surface area contributed by atoms with Gasteiger partial charge in [0, 0.05) is 25.1 Å². The molecule has 0 spiro atoms. The first-order chi connectivity index (χ1) is 9.24. The maximum Gasteiger partial charge on any atom is 0.488 e. The van der Waals surface area contributed by atoms with Crippen LogP contribution in [-0.2, 0) is 6.54 Å². The molecule has 2 aromatic heterocycles. The van der Waals surface area contributed by atoms with Crippen molar-refractivity contribution in [1.29, 1.82) is 0 Å². The van der Waals surface area contributed by atoms with E-state index >= 15 is 0 Å². The smallest absolute Gasteiger partial charge is 0.423 e. The monoisotopic (exact) mass is 253 g/mol. The van der Waals surface area contributed by atoms with Gasteiger partial charge in [0.1, 0.15) is 5.52 Å². The fraction of sp³-hybridized carbons (Fsp3) is 0.0769. The largest absolute Gasteiger partial charge is 0.488 e. The van der Waals surface area contributed by atoms with Crippen LogP contribution in [-0.4, -0.2) is 31.7 Å². The molecule has 0 fully saturated rings. The fourth-order valence-corrected chi connectivity index (χ4v) is 2.03. The lowest BCUT2D eigenvalue weighted by Crippen LogP contribution is -2.29. The van der Waals surface area contributed by atoms with E-state index in [4.69, 9.17) is 10.0 Å². The minimum absolute atomic E-state index is 0.487. The molecule has 0 aliphatic rings. The van der Waals surface area contributed by atoms with Gasteiger partial charge in [-0.05, 0) is 17.1 Å². The van der Waals surface area contributed by atoms with Crippen LogP contribution in [0.5, 0.6) is 0 Å². The van der Waals surface area contributed by atoms with E-state index in [1.54, 1.807) is 24.5 Å². The summed E-state index contributed by atoms with van der Waals surface area (Å²) in [6.45, 7) is 0.671. The first-order valence-corrected chi connectivity index (χ1v) is 5.95. The van der Waals surface area contributed by atoms with E-state index in [9.17, 15) is 0 Å². The van der Waals surface area contributed by atoms with Gasteiger partial charge in [0.05, 0.1) is 0 Å². The second kappa shape index (κ2) is 4.83. The van der Waals surface area contributed by atoms with E-state index in [1.807, 2.05) is 29.0 Å². The second-order valence-corrected chi connectivity index (χ2v) is 4.32. The summed E-state index contributed by atoms with van der Waals surface area (Å²) < 4.78 is 2.01. The Morgan fingerprint density at radius 3 is 2.47 bits per heavy atom. The molecule has 2 N–H and O–H groups in total. The summed E-state index contributed by atoms with van der Waals surface area (Å²) in [5.41, 5.74) is 3.26. The van der Waals surface area contributed by atoms with Crippen molar-refractivity contribution < 1.29 is 10.0 Å². The molecular weight excluding hydrogens is 241 g/mol. The summed E-state index contributed by atoms with van der Waals surface area (Å²) in [6.07, 6.45) is 5.29. The Labute approximate surface area is 110 Å². The first kappa shape index (κ1) is 11.9.